The van der Waals surface area contributed by atoms with Gasteiger partial charge in [0.25, 0.3) is 0 Å². The number of aromatic nitrogens is 3. The molecule has 34 heavy (non-hydrogen) atoms. The van der Waals surface area contributed by atoms with Crippen molar-refractivity contribution in [1.29, 1.82) is 0 Å². The summed E-state index contributed by atoms with van der Waals surface area (Å²) in [5.74, 6) is 0.526. The monoisotopic (exact) mass is 480 g/mol. The molecule has 0 spiro atoms. The third-order valence-corrected chi connectivity index (χ3v) is 7.80. The number of rotatable bonds is 8. The Morgan fingerprint density at radius 3 is 2.29 bits per heavy atom. The van der Waals surface area contributed by atoms with Crippen LogP contribution in [-0.4, -0.2) is 35.3 Å². The largest absolute Gasteiger partial charge is 0.354 e. The van der Waals surface area contributed by atoms with E-state index in [0.29, 0.717) is 27.7 Å². The summed E-state index contributed by atoms with van der Waals surface area (Å²) in [6, 6.07) is 16.8. The number of nitrogens with zero attached hydrogens (tertiary/aromatic N) is 3. The lowest BCUT2D eigenvalue weighted by Gasteiger charge is -2.09. The normalized spacial score (nSPS) is 11.8. The molecular weight excluding hydrogens is 448 g/mol. The maximum Gasteiger partial charge on any atom is 0.187 e. The topological polar surface area (TPSA) is 98.0 Å². The summed E-state index contributed by atoms with van der Waals surface area (Å²) in [7, 11) is -3.33. The Hall–Kier alpha value is -3.36. The van der Waals surface area contributed by atoms with Crippen LogP contribution in [-0.2, 0) is 16.4 Å². The summed E-state index contributed by atoms with van der Waals surface area (Å²) in [5.41, 5.74) is 5.59. The molecule has 0 saturated heterocycles. The Bertz CT molecular complexity index is 1390. The molecule has 0 aliphatic carbocycles. The van der Waals surface area contributed by atoms with Gasteiger partial charge in [-0.05, 0) is 45.0 Å². The van der Waals surface area contributed by atoms with Crippen molar-refractivity contribution in [3.8, 4) is 34.0 Å². The minimum Gasteiger partial charge on any atom is -0.354 e. The molecule has 2 heterocycles. The quantitative estimate of drug-likeness (QED) is 0.353. The highest BCUT2D eigenvalue weighted by Crippen LogP contribution is 2.29. The Balaban J connectivity index is 0.00000228. The van der Waals surface area contributed by atoms with Crippen LogP contribution in [0.4, 0.5) is 0 Å². The fourth-order valence-electron chi connectivity index (χ4n) is 3.49. The molecule has 180 valence electrons. The van der Waals surface area contributed by atoms with Gasteiger partial charge in [-0.2, -0.15) is 0 Å². The minimum atomic E-state index is -3.33. The van der Waals surface area contributed by atoms with Crippen LogP contribution in [0.25, 0.3) is 34.0 Å². The van der Waals surface area contributed by atoms with E-state index in [9.17, 15) is 8.42 Å². The summed E-state index contributed by atoms with van der Waals surface area (Å²) in [6.45, 7) is 9.04. The molecule has 2 aromatic heterocycles. The van der Waals surface area contributed by atoms with Gasteiger partial charge in [0, 0.05) is 26.6 Å². The van der Waals surface area contributed by atoms with Crippen molar-refractivity contribution < 1.29 is 15.8 Å². The van der Waals surface area contributed by atoms with Gasteiger partial charge in [-0.1, -0.05) is 48.5 Å². The van der Waals surface area contributed by atoms with E-state index in [1.165, 1.54) is 5.56 Å². The van der Waals surface area contributed by atoms with Gasteiger partial charge < -0.3 is 9.84 Å². The van der Waals surface area contributed by atoms with E-state index < -0.39 is 15.1 Å². The second-order valence-electron chi connectivity index (χ2n) is 8.36. The molecule has 4 aromatic rings. The van der Waals surface area contributed by atoms with Crippen LogP contribution in [0, 0.1) is 6.92 Å². The SMILES string of the molecule is CCNCc1ccc(-c2cc(-c3nc(-c4ccc(S(=O)(=O)C(C)C)cc4)cnc3C)on2)cc1.[HH].[HH]. The third-order valence-electron chi connectivity index (χ3n) is 5.63. The number of hydrogen-bond acceptors (Lipinski definition) is 7. The van der Waals surface area contributed by atoms with Crippen LogP contribution in [0.1, 0.15) is 34.9 Å². The first-order valence-electron chi connectivity index (χ1n) is 11.2. The molecule has 4 rings (SSSR count). The summed E-state index contributed by atoms with van der Waals surface area (Å²) < 4.78 is 30.4. The molecule has 0 atom stereocenters. The maximum absolute atomic E-state index is 12.4. The lowest BCUT2D eigenvalue weighted by atomic mass is 10.1. The molecule has 7 nitrogen and oxygen atoms in total. The van der Waals surface area contributed by atoms with E-state index in [1.807, 2.05) is 25.1 Å². The van der Waals surface area contributed by atoms with Crippen molar-refractivity contribution in [3.05, 3.63) is 72.1 Å². The number of benzene rings is 2. The highest BCUT2D eigenvalue weighted by molar-refractivity contribution is 7.92. The van der Waals surface area contributed by atoms with E-state index in [4.69, 9.17) is 9.51 Å². The molecule has 0 amide bonds. The molecule has 0 radical (unpaired) electrons. The fraction of sp³-hybridized carbons (Fsp3) is 0.269. The van der Waals surface area contributed by atoms with Gasteiger partial charge >= 0.3 is 0 Å². The van der Waals surface area contributed by atoms with Crippen molar-refractivity contribution in [1.82, 2.24) is 20.4 Å². The van der Waals surface area contributed by atoms with Gasteiger partial charge in [0.2, 0.25) is 0 Å². The minimum absolute atomic E-state index is 0. The lowest BCUT2D eigenvalue weighted by molar-refractivity contribution is 0.433. The van der Waals surface area contributed by atoms with Gasteiger partial charge in [-0.15, -0.1) is 0 Å². The Labute approximate surface area is 203 Å². The molecule has 0 bridgehead atoms. The van der Waals surface area contributed by atoms with Crippen LogP contribution < -0.4 is 5.32 Å². The zero-order valence-corrected chi connectivity index (χ0v) is 20.6. The van der Waals surface area contributed by atoms with Gasteiger partial charge in [0.15, 0.2) is 15.6 Å². The summed E-state index contributed by atoms with van der Waals surface area (Å²) in [5, 5.41) is 7.06. The summed E-state index contributed by atoms with van der Waals surface area (Å²) >= 11 is 0. The van der Waals surface area contributed by atoms with Gasteiger partial charge in [-0.3, -0.25) is 4.98 Å². The van der Waals surface area contributed by atoms with Crippen molar-refractivity contribution in [2.75, 3.05) is 6.54 Å². The maximum atomic E-state index is 12.4. The molecule has 0 aliphatic heterocycles. The Kier molecular flexibility index (Phi) is 6.90. The number of sulfone groups is 1. The average molecular weight is 481 g/mol. The smallest absolute Gasteiger partial charge is 0.187 e. The molecule has 0 aliphatic rings. The van der Waals surface area contributed by atoms with Crippen molar-refractivity contribution in [2.45, 2.75) is 44.4 Å². The lowest BCUT2D eigenvalue weighted by Crippen LogP contribution is -2.13. The first-order valence-corrected chi connectivity index (χ1v) is 12.8. The molecule has 1 N–H and O–H groups in total. The molecular formula is C26H32N4O3S. The molecule has 8 heteroatoms. The van der Waals surface area contributed by atoms with Crippen LogP contribution in [0.15, 0.2) is 70.2 Å². The predicted octanol–water partition coefficient (Wildman–Crippen LogP) is 5.56. The number of nitrogens with one attached hydrogen (secondary N) is 1. The van der Waals surface area contributed by atoms with Crippen LogP contribution in [0.5, 0.6) is 0 Å². The summed E-state index contributed by atoms with van der Waals surface area (Å²) in [4.78, 5) is 9.51. The standard InChI is InChI=1S/C26H28N4O3S.2H2/c1-5-27-15-19-6-8-20(9-7-19)23-14-25(33-30-23)26-18(4)28-16-24(29-26)21-10-12-22(13-11-21)34(31,32)17(2)3;;/h6-14,16-17,27H,5,15H2,1-4H3;2*1H. The van der Waals surface area contributed by atoms with Gasteiger partial charge in [0.1, 0.15) is 11.4 Å². The van der Waals surface area contributed by atoms with Gasteiger partial charge in [-0.25, -0.2) is 13.4 Å². The molecule has 0 saturated carbocycles. The first-order chi connectivity index (χ1) is 16.3. The average Bonchev–Trinajstić information content (AvgIpc) is 3.33. The zero-order chi connectivity index (χ0) is 24.3. The highest BCUT2D eigenvalue weighted by Gasteiger charge is 2.19. The van der Waals surface area contributed by atoms with Crippen LogP contribution >= 0.6 is 0 Å². The predicted molar refractivity (Wildman–Crippen MR) is 137 cm³/mol. The molecule has 2 aromatic carbocycles. The van der Waals surface area contributed by atoms with E-state index in [-0.39, 0.29) is 2.85 Å². The highest BCUT2D eigenvalue weighted by atomic mass is 32.2. The first kappa shape index (κ1) is 23.8. The Morgan fingerprint density at radius 2 is 1.65 bits per heavy atom. The van der Waals surface area contributed by atoms with E-state index in [2.05, 4.69) is 34.5 Å². The number of hydrogen-bond donors (Lipinski definition) is 1. The zero-order valence-electron chi connectivity index (χ0n) is 19.7. The van der Waals surface area contributed by atoms with E-state index in [0.717, 1.165) is 29.9 Å². The van der Waals surface area contributed by atoms with Crippen molar-refractivity contribution in [3.63, 3.8) is 0 Å². The van der Waals surface area contributed by atoms with E-state index in [1.54, 1.807) is 44.3 Å². The van der Waals surface area contributed by atoms with Crippen LogP contribution in [0.2, 0.25) is 0 Å². The van der Waals surface area contributed by atoms with Crippen LogP contribution in [0.3, 0.4) is 0 Å². The third kappa shape index (κ3) is 4.93. The van der Waals surface area contributed by atoms with Crippen molar-refractivity contribution in [2.24, 2.45) is 0 Å². The second-order valence-corrected chi connectivity index (χ2v) is 10.9. The summed E-state index contributed by atoms with van der Waals surface area (Å²) in [6.07, 6.45) is 1.67. The second kappa shape index (κ2) is 9.87. The molecule has 0 unspecified atom stereocenters. The molecule has 0 fully saturated rings. The Morgan fingerprint density at radius 1 is 1.00 bits per heavy atom. The fourth-order valence-corrected chi connectivity index (χ4v) is 4.55. The number of aryl methyl sites for hydroxylation is 1. The van der Waals surface area contributed by atoms with Gasteiger partial charge in [0.05, 0.1) is 27.7 Å². The van der Waals surface area contributed by atoms with E-state index >= 15 is 0 Å². The van der Waals surface area contributed by atoms with Crippen molar-refractivity contribution >= 4 is 9.84 Å².